The van der Waals surface area contributed by atoms with Crippen LogP contribution in [0.2, 0.25) is 0 Å². The maximum atomic E-state index is 12.5. The van der Waals surface area contributed by atoms with Crippen LogP contribution >= 0.6 is 0 Å². The van der Waals surface area contributed by atoms with Gasteiger partial charge in [-0.25, -0.2) is 8.42 Å². The van der Waals surface area contributed by atoms with E-state index in [1.54, 1.807) is 13.8 Å². The zero-order valence-corrected chi connectivity index (χ0v) is 12.8. The van der Waals surface area contributed by atoms with Gasteiger partial charge in [0.25, 0.3) is 5.69 Å². The fraction of sp³-hybridized carbons (Fsp3) is 0.538. The molecule has 0 aliphatic rings. The molecule has 1 aromatic rings. The Morgan fingerprint density at radius 3 is 2.40 bits per heavy atom. The maximum absolute atomic E-state index is 12.5. The summed E-state index contributed by atoms with van der Waals surface area (Å²) < 4.78 is 26.5. The quantitative estimate of drug-likeness (QED) is 0.572. The van der Waals surface area contributed by atoms with Gasteiger partial charge in [-0.3, -0.25) is 10.1 Å². The average Bonchev–Trinajstić information content (AvgIpc) is 2.38. The SMILES string of the molecule is CCCCN(CC)S(=O)(=O)c1ccc([N+](=O)[O-])cc1C. The molecule has 20 heavy (non-hydrogen) atoms. The minimum atomic E-state index is -3.59. The first-order valence-corrected chi connectivity index (χ1v) is 8.03. The number of hydrogen-bond acceptors (Lipinski definition) is 4. The molecule has 0 N–H and O–H groups in total. The van der Waals surface area contributed by atoms with Crippen molar-refractivity contribution in [2.45, 2.75) is 38.5 Å². The zero-order chi connectivity index (χ0) is 15.3. The first-order chi connectivity index (χ1) is 9.34. The van der Waals surface area contributed by atoms with Gasteiger partial charge in [0.2, 0.25) is 10.0 Å². The highest BCUT2D eigenvalue weighted by Crippen LogP contribution is 2.24. The van der Waals surface area contributed by atoms with Gasteiger partial charge in [-0.05, 0) is 25.0 Å². The largest absolute Gasteiger partial charge is 0.269 e. The summed E-state index contributed by atoms with van der Waals surface area (Å²) in [6, 6.07) is 3.84. The van der Waals surface area contributed by atoms with E-state index in [9.17, 15) is 18.5 Å². The third-order valence-corrected chi connectivity index (χ3v) is 5.24. The molecule has 0 fully saturated rings. The first-order valence-electron chi connectivity index (χ1n) is 6.59. The van der Waals surface area contributed by atoms with Gasteiger partial charge < -0.3 is 0 Å². The van der Waals surface area contributed by atoms with Gasteiger partial charge in [0.1, 0.15) is 0 Å². The number of unbranched alkanes of at least 4 members (excludes halogenated alkanes) is 1. The van der Waals surface area contributed by atoms with Gasteiger partial charge >= 0.3 is 0 Å². The van der Waals surface area contributed by atoms with Crippen molar-refractivity contribution in [3.8, 4) is 0 Å². The van der Waals surface area contributed by atoms with Crippen LogP contribution in [0.1, 0.15) is 32.3 Å². The maximum Gasteiger partial charge on any atom is 0.269 e. The summed E-state index contributed by atoms with van der Waals surface area (Å²) in [4.78, 5) is 10.3. The number of nitro groups is 1. The summed E-state index contributed by atoms with van der Waals surface area (Å²) in [5.41, 5.74) is 0.298. The number of nitrogens with zero attached hydrogens (tertiary/aromatic N) is 2. The van der Waals surface area contributed by atoms with E-state index in [0.29, 0.717) is 18.7 Å². The fourth-order valence-electron chi connectivity index (χ4n) is 1.96. The molecule has 0 bridgehead atoms. The van der Waals surface area contributed by atoms with E-state index in [2.05, 4.69) is 0 Å². The van der Waals surface area contributed by atoms with E-state index in [-0.39, 0.29) is 10.6 Å². The van der Waals surface area contributed by atoms with Crippen molar-refractivity contribution in [3.05, 3.63) is 33.9 Å². The molecule has 1 aromatic carbocycles. The third-order valence-electron chi connectivity index (χ3n) is 3.10. The minimum Gasteiger partial charge on any atom is -0.258 e. The smallest absolute Gasteiger partial charge is 0.258 e. The third kappa shape index (κ3) is 3.55. The summed E-state index contributed by atoms with van der Waals surface area (Å²) in [6.45, 7) is 6.21. The molecule has 0 saturated heterocycles. The van der Waals surface area contributed by atoms with Gasteiger partial charge in [-0.15, -0.1) is 0 Å². The second kappa shape index (κ2) is 6.81. The Bertz CT molecular complexity index is 584. The molecular formula is C13H20N2O4S. The molecule has 112 valence electrons. The van der Waals surface area contributed by atoms with Crippen molar-refractivity contribution in [2.75, 3.05) is 13.1 Å². The molecule has 0 atom stereocenters. The molecule has 0 saturated carbocycles. The van der Waals surface area contributed by atoms with Gasteiger partial charge in [0.15, 0.2) is 0 Å². The van der Waals surface area contributed by atoms with Crippen molar-refractivity contribution in [3.63, 3.8) is 0 Å². The van der Waals surface area contributed by atoms with E-state index < -0.39 is 14.9 Å². The summed E-state index contributed by atoms with van der Waals surface area (Å²) >= 11 is 0. The lowest BCUT2D eigenvalue weighted by Gasteiger charge is -2.21. The Morgan fingerprint density at radius 1 is 1.30 bits per heavy atom. The average molecular weight is 300 g/mol. The molecule has 0 unspecified atom stereocenters. The van der Waals surface area contributed by atoms with E-state index >= 15 is 0 Å². The molecule has 6 nitrogen and oxygen atoms in total. The van der Waals surface area contributed by atoms with Crippen molar-refractivity contribution in [1.29, 1.82) is 0 Å². The Morgan fingerprint density at radius 2 is 1.95 bits per heavy atom. The van der Waals surface area contributed by atoms with Crippen molar-refractivity contribution in [2.24, 2.45) is 0 Å². The van der Waals surface area contributed by atoms with E-state index in [4.69, 9.17) is 0 Å². The molecule has 7 heteroatoms. The topological polar surface area (TPSA) is 80.5 Å². The summed E-state index contributed by atoms with van der Waals surface area (Å²) in [5.74, 6) is 0. The molecule has 0 heterocycles. The molecule has 0 spiro atoms. The van der Waals surface area contributed by atoms with Gasteiger partial charge in [-0.2, -0.15) is 4.31 Å². The number of rotatable bonds is 7. The van der Waals surface area contributed by atoms with Crippen LogP contribution < -0.4 is 0 Å². The fourth-order valence-corrected chi connectivity index (χ4v) is 3.65. The van der Waals surface area contributed by atoms with Gasteiger partial charge in [0, 0.05) is 25.2 Å². The van der Waals surface area contributed by atoms with Crippen molar-refractivity contribution >= 4 is 15.7 Å². The highest BCUT2D eigenvalue weighted by atomic mass is 32.2. The standard InChI is InChI=1S/C13H20N2O4S/c1-4-6-9-14(5-2)20(18,19)13-8-7-12(15(16)17)10-11(13)3/h7-8,10H,4-6,9H2,1-3H3. The minimum absolute atomic E-state index is 0.0990. The lowest BCUT2D eigenvalue weighted by molar-refractivity contribution is -0.385. The lowest BCUT2D eigenvalue weighted by atomic mass is 10.2. The predicted octanol–water partition coefficient (Wildman–Crippen LogP) is 2.71. The number of benzene rings is 1. The Hall–Kier alpha value is -1.47. The summed E-state index contributed by atoms with van der Waals surface area (Å²) in [6.07, 6.45) is 1.70. The lowest BCUT2D eigenvalue weighted by Crippen LogP contribution is -2.32. The van der Waals surface area contributed by atoms with E-state index in [1.807, 2.05) is 6.92 Å². The Labute approximate surface area is 119 Å². The molecule has 0 amide bonds. The van der Waals surface area contributed by atoms with Gasteiger partial charge in [-0.1, -0.05) is 20.3 Å². The number of sulfonamides is 1. The molecule has 1 rings (SSSR count). The highest BCUT2D eigenvalue weighted by molar-refractivity contribution is 7.89. The predicted molar refractivity (Wildman–Crippen MR) is 77.2 cm³/mol. The second-order valence-electron chi connectivity index (χ2n) is 4.56. The zero-order valence-electron chi connectivity index (χ0n) is 12.0. The second-order valence-corrected chi connectivity index (χ2v) is 6.46. The van der Waals surface area contributed by atoms with E-state index in [1.165, 1.54) is 22.5 Å². The van der Waals surface area contributed by atoms with Crippen LogP contribution in [0.3, 0.4) is 0 Å². The molecular weight excluding hydrogens is 280 g/mol. The number of nitro benzene ring substituents is 1. The van der Waals surface area contributed by atoms with Crippen LogP contribution in [0.5, 0.6) is 0 Å². The highest BCUT2D eigenvalue weighted by Gasteiger charge is 2.25. The summed E-state index contributed by atoms with van der Waals surface area (Å²) in [7, 11) is -3.59. The Kier molecular flexibility index (Phi) is 5.64. The van der Waals surface area contributed by atoms with Crippen LogP contribution in [0, 0.1) is 17.0 Å². The number of non-ortho nitro benzene ring substituents is 1. The molecule has 0 radical (unpaired) electrons. The number of aryl methyl sites for hydroxylation is 1. The van der Waals surface area contributed by atoms with E-state index in [0.717, 1.165) is 12.8 Å². The van der Waals surface area contributed by atoms with Crippen LogP contribution in [0.25, 0.3) is 0 Å². The van der Waals surface area contributed by atoms with Crippen molar-refractivity contribution < 1.29 is 13.3 Å². The number of hydrogen-bond donors (Lipinski definition) is 0. The normalized spacial score (nSPS) is 11.8. The van der Waals surface area contributed by atoms with Crippen LogP contribution in [0.4, 0.5) is 5.69 Å². The van der Waals surface area contributed by atoms with Crippen LogP contribution in [-0.4, -0.2) is 30.7 Å². The van der Waals surface area contributed by atoms with Gasteiger partial charge in [0.05, 0.1) is 9.82 Å². The molecule has 0 aromatic heterocycles. The summed E-state index contributed by atoms with van der Waals surface area (Å²) in [5, 5.41) is 10.7. The first kappa shape index (κ1) is 16.6. The molecule has 0 aliphatic heterocycles. The van der Waals surface area contributed by atoms with Crippen molar-refractivity contribution in [1.82, 2.24) is 4.31 Å². The Balaban J connectivity index is 3.17. The molecule has 0 aliphatic carbocycles. The van der Waals surface area contributed by atoms with Crippen LogP contribution in [-0.2, 0) is 10.0 Å². The van der Waals surface area contributed by atoms with Crippen LogP contribution in [0.15, 0.2) is 23.1 Å². The monoisotopic (exact) mass is 300 g/mol.